The third-order valence-corrected chi connectivity index (χ3v) is 5.14. The predicted octanol–water partition coefficient (Wildman–Crippen LogP) is 2.38. The lowest BCUT2D eigenvalue weighted by Gasteiger charge is -2.25. The van der Waals surface area contributed by atoms with E-state index in [2.05, 4.69) is 15.4 Å². The SMILES string of the molecule is COC(=O)C[C@@H](C)[C@H](NC(=O)[C@H](Cc1ccccc1)NC(=O)OCc1ccccc1)C(=O)OC. The molecule has 0 saturated heterocycles. The van der Waals surface area contributed by atoms with Crippen molar-refractivity contribution in [3.8, 4) is 0 Å². The van der Waals surface area contributed by atoms with Crippen molar-refractivity contribution in [3.63, 3.8) is 0 Å². The van der Waals surface area contributed by atoms with Crippen LogP contribution in [0.1, 0.15) is 24.5 Å². The second-order valence-electron chi connectivity index (χ2n) is 7.72. The average Bonchev–Trinajstić information content (AvgIpc) is 2.86. The summed E-state index contributed by atoms with van der Waals surface area (Å²) in [5.41, 5.74) is 1.59. The summed E-state index contributed by atoms with van der Waals surface area (Å²) in [6.45, 7) is 1.65. The maximum Gasteiger partial charge on any atom is 0.408 e. The zero-order valence-corrected chi connectivity index (χ0v) is 19.5. The lowest BCUT2D eigenvalue weighted by Crippen LogP contribution is -2.54. The minimum Gasteiger partial charge on any atom is -0.469 e. The van der Waals surface area contributed by atoms with Gasteiger partial charge in [0.1, 0.15) is 18.7 Å². The molecule has 2 rings (SSSR count). The largest absolute Gasteiger partial charge is 0.469 e. The molecule has 2 aromatic carbocycles. The summed E-state index contributed by atoms with van der Waals surface area (Å²) in [5, 5.41) is 5.18. The second kappa shape index (κ2) is 13.6. The van der Waals surface area contributed by atoms with E-state index in [1.807, 2.05) is 60.7 Å². The van der Waals surface area contributed by atoms with Gasteiger partial charge in [0.15, 0.2) is 0 Å². The van der Waals surface area contributed by atoms with E-state index in [9.17, 15) is 19.2 Å². The highest BCUT2D eigenvalue weighted by molar-refractivity contribution is 5.90. The summed E-state index contributed by atoms with van der Waals surface area (Å²) < 4.78 is 14.7. The normalized spacial score (nSPS) is 13.0. The van der Waals surface area contributed by atoms with Gasteiger partial charge in [-0.1, -0.05) is 67.6 Å². The molecule has 2 N–H and O–H groups in total. The van der Waals surface area contributed by atoms with Gasteiger partial charge in [-0.3, -0.25) is 9.59 Å². The van der Waals surface area contributed by atoms with Crippen LogP contribution in [0.15, 0.2) is 60.7 Å². The fraction of sp³-hybridized carbons (Fsp3) is 0.360. The van der Waals surface area contributed by atoms with Crippen molar-refractivity contribution in [2.75, 3.05) is 14.2 Å². The standard InChI is InChI=1S/C25H30N2O7/c1-17(14-21(28)32-2)22(24(30)33-3)27-23(29)20(15-18-10-6-4-7-11-18)26-25(31)34-16-19-12-8-5-9-13-19/h4-13,17,20,22H,14-16H2,1-3H3,(H,26,31)(H,27,29)/t17-,20+,22+/m1/s1. The highest BCUT2D eigenvalue weighted by atomic mass is 16.5. The van der Waals surface area contributed by atoms with Crippen LogP contribution in [0.3, 0.4) is 0 Å². The third-order valence-electron chi connectivity index (χ3n) is 5.14. The predicted molar refractivity (Wildman–Crippen MR) is 123 cm³/mol. The highest BCUT2D eigenvalue weighted by Crippen LogP contribution is 2.13. The van der Waals surface area contributed by atoms with Gasteiger partial charge >= 0.3 is 18.0 Å². The first-order valence-electron chi connectivity index (χ1n) is 10.8. The molecule has 3 atom stereocenters. The van der Waals surface area contributed by atoms with Crippen LogP contribution in [-0.2, 0) is 41.6 Å². The number of hydrogen-bond acceptors (Lipinski definition) is 7. The minimum absolute atomic E-state index is 0.0350. The van der Waals surface area contributed by atoms with E-state index in [-0.39, 0.29) is 19.4 Å². The van der Waals surface area contributed by atoms with Crippen LogP contribution >= 0.6 is 0 Å². The van der Waals surface area contributed by atoms with Crippen molar-refractivity contribution in [2.24, 2.45) is 5.92 Å². The van der Waals surface area contributed by atoms with E-state index in [1.54, 1.807) is 6.92 Å². The lowest BCUT2D eigenvalue weighted by atomic mass is 9.97. The summed E-state index contributed by atoms with van der Waals surface area (Å²) in [7, 11) is 2.43. The van der Waals surface area contributed by atoms with E-state index in [0.29, 0.717) is 0 Å². The number of alkyl carbamates (subject to hydrolysis) is 1. The van der Waals surface area contributed by atoms with Gasteiger partial charge in [-0.05, 0) is 17.0 Å². The number of esters is 2. The zero-order chi connectivity index (χ0) is 24.9. The molecule has 0 spiro atoms. The molecule has 0 radical (unpaired) electrons. The molecule has 9 nitrogen and oxygen atoms in total. The van der Waals surface area contributed by atoms with E-state index in [0.717, 1.165) is 11.1 Å². The molecule has 2 amide bonds. The van der Waals surface area contributed by atoms with Crippen LogP contribution in [0.5, 0.6) is 0 Å². The minimum atomic E-state index is -1.11. The smallest absolute Gasteiger partial charge is 0.408 e. The second-order valence-corrected chi connectivity index (χ2v) is 7.72. The number of methoxy groups -OCH3 is 2. The number of amides is 2. The Labute approximate surface area is 198 Å². The van der Waals surface area contributed by atoms with Gasteiger partial charge in [0.25, 0.3) is 0 Å². The summed E-state index contributed by atoms with van der Waals surface area (Å²) in [4.78, 5) is 49.6. The molecule has 9 heteroatoms. The van der Waals surface area contributed by atoms with Crippen LogP contribution in [0, 0.1) is 5.92 Å². The molecule has 0 fully saturated rings. The number of rotatable bonds is 11. The number of hydrogen-bond donors (Lipinski definition) is 2. The molecule has 0 bridgehead atoms. The first-order valence-corrected chi connectivity index (χ1v) is 10.8. The van der Waals surface area contributed by atoms with Crippen LogP contribution in [0.25, 0.3) is 0 Å². The van der Waals surface area contributed by atoms with Gasteiger partial charge in [-0.2, -0.15) is 0 Å². The highest BCUT2D eigenvalue weighted by Gasteiger charge is 2.32. The Bertz CT molecular complexity index is 950. The number of carbonyl (C=O) groups excluding carboxylic acids is 4. The van der Waals surface area contributed by atoms with Gasteiger partial charge in [0.2, 0.25) is 5.91 Å². The van der Waals surface area contributed by atoms with Crippen molar-refractivity contribution in [3.05, 3.63) is 71.8 Å². The van der Waals surface area contributed by atoms with Crippen molar-refractivity contribution < 1.29 is 33.4 Å². The molecule has 2 aromatic rings. The van der Waals surface area contributed by atoms with Gasteiger partial charge in [-0.25, -0.2) is 9.59 Å². The van der Waals surface area contributed by atoms with Crippen molar-refractivity contribution in [1.82, 2.24) is 10.6 Å². The lowest BCUT2D eigenvalue weighted by molar-refractivity contribution is -0.148. The number of ether oxygens (including phenoxy) is 3. The van der Waals surface area contributed by atoms with Crippen molar-refractivity contribution in [1.29, 1.82) is 0 Å². The van der Waals surface area contributed by atoms with Gasteiger partial charge in [-0.15, -0.1) is 0 Å². The molecule has 34 heavy (non-hydrogen) atoms. The number of benzene rings is 2. The quantitative estimate of drug-likeness (QED) is 0.382. The Morgan fingerprint density at radius 3 is 1.97 bits per heavy atom. The molecule has 0 heterocycles. The first-order chi connectivity index (χ1) is 16.3. The maximum absolute atomic E-state index is 13.1. The summed E-state index contributed by atoms with van der Waals surface area (Å²) >= 11 is 0. The molecule has 0 saturated carbocycles. The Hall–Kier alpha value is -3.88. The Kier molecular flexibility index (Phi) is 10.6. The Morgan fingerprint density at radius 1 is 0.824 bits per heavy atom. The molecular formula is C25H30N2O7. The summed E-state index contributed by atoms with van der Waals surface area (Å²) in [6, 6.07) is 16.1. The molecule has 0 aromatic heterocycles. The van der Waals surface area contributed by atoms with E-state index < -0.39 is 41.9 Å². The van der Waals surface area contributed by atoms with Crippen molar-refractivity contribution >= 4 is 23.9 Å². The van der Waals surface area contributed by atoms with Gasteiger partial charge in [0.05, 0.1) is 20.6 Å². The topological polar surface area (TPSA) is 120 Å². The Balaban J connectivity index is 2.13. The van der Waals surface area contributed by atoms with E-state index >= 15 is 0 Å². The maximum atomic E-state index is 13.1. The fourth-order valence-corrected chi connectivity index (χ4v) is 3.24. The summed E-state index contributed by atoms with van der Waals surface area (Å²) in [6.07, 6.45) is -0.726. The molecule has 182 valence electrons. The van der Waals surface area contributed by atoms with Crippen LogP contribution in [0.4, 0.5) is 4.79 Å². The van der Waals surface area contributed by atoms with E-state index in [4.69, 9.17) is 9.47 Å². The first kappa shape index (κ1) is 26.4. The van der Waals surface area contributed by atoms with Gasteiger partial charge < -0.3 is 24.8 Å². The van der Waals surface area contributed by atoms with Crippen LogP contribution in [-0.4, -0.2) is 50.2 Å². The third kappa shape index (κ3) is 8.57. The average molecular weight is 471 g/mol. The van der Waals surface area contributed by atoms with Crippen molar-refractivity contribution in [2.45, 2.75) is 38.5 Å². The number of nitrogens with one attached hydrogen (secondary N) is 2. The monoisotopic (exact) mass is 470 g/mol. The van der Waals surface area contributed by atoms with Gasteiger partial charge in [0, 0.05) is 6.42 Å². The molecule has 0 aliphatic heterocycles. The zero-order valence-electron chi connectivity index (χ0n) is 19.5. The van der Waals surface area contributed by atoms with Crippen LogP contribution < -0.4 is 10.6 Å². The van der Waals surface area contributed by atoms with Crippen LogP contribution in [0.2, 0.25) is 0 Å². The number of carbonyl (C=O) groups is 4. The fourth-order valence-electron chi connectivity index (χ4n) is 3.24. The molecule has 0 aliphatic rings. The Morgan fingerprint density at radius 2 is 1.41 bits per heavy atom. The molecular weight excluding hydrogens is 440 g/mol. The van der Waals surface area contributed by atoms with E-state index in [1.165, 1.54) is 14.2 Å². The molecule has 0 unspecified atom stereocenters. The molecule has 0 aliphatic carbocycles. The summed E-state index contributed by atoms with van der Waals surface area (Å²) in [5.74, 6) is -2.46.